The van der Waals surface area contributed by atoms with Crippen molar-refractivity contribution in [3.8, 4) is 0 Å². The van der Waals surface area contributed by atoms with Crippen LogP contribution in [-0.4, -0.2) is 65.4 Å². The van der Waals surface area contributed by atoms with Gasteiger partial charge in [-0.25, -0.2) is 4.79 Å². The molecule has 0 aromatic rings. The molecule has 12 heteroatoms. The smallest absolute Gasteiger partial charge is 0.326 e. The normalized spacial score (nSPS) is 14.8. The first-order chi connectivity index (χ1) is 15.3. The summed E-state index contributed by atoms with van der Waals surface area (Å²) in [5, 5.41) is 17.0. The minimum absolute atomic E-state index is 0.0331. The van der Waals surface area contributed by atoms with Crippen LogP contribution in [0.4, 0.5) is 0 Å². The predicted octanol–water partition coefficient (Wildman–Crippen LogP) is -1.44. The van der Waals surface area contributed by atoms with Crippen LogP contribution in [0.3, 0.4) is 0 Å². The van der Waals surface area contributed by atoms with Gasteiger partial charge in [0.2, 0.25) is 23.6 Å². The van der Waals surface area contributed by atoms with Crippen molar-refractivity contribution in [3.63, 3.8) is 0 Å². The molecule has 0 saturated heterocycles. The third-order valence-electron chi connectivity index (χ3n) is 5.09. The molecule has 0 aromatic carbocycles. The van der Waals surface area contributed by atoms with Crippen LogP contribution in [0.1, 0.15) is 59.8 Å². The number of amides is 4. The van der Waals surface area contributed by atoms with Crippen LogP contribution in [0.15, 0.2) is 0 Å². The molecule has 12 nitrogen and oxygen atoms in total. The molecule has 0 aliphatic carbocycles. The first-order valence-electron chi connectivity index (χ1n) is 11.2. The molecular formula is C21H40N6O6. The molecule has 190 valence electrons. The fourth-order valence-corrected chi connectivity index (χ4v) is 3.01. The maximum Gasteiger partial charge on any atom is 0.326 e. The van der Waals surface area contributed by atoms with Crippen molar-refractivity contribution in [2.75, 3.05) is 6.54 Å². The molecule has 4 amide bonds. The molecule has 0 aliphatic heterocycles. The zero-order chi connectivity index (χ0) is 25.7. The van der Waals surface area contributed by atoms with Gasteiger partial charge < -0.3 is 38.3 Å². The molecule has 0 rings (SSSR count). The van der Waals surface area contributed by atoms with Gasteiger partial charge in [0.1, 0.15) is 18.1 Å². The van der Waals surface area contributed by atoms with Crippen molar-refractivity contribution >= 4 is 29.6 Å². The second-order valence-corrected chi connectivity index (χ2v) is 8.76. The molecule has 33 heavy (non-hydrogen) atoms. The van der Waals surface area contributed by atoms with E-state index < -0.39 is 53.8 Å². The Morgan fingerprint density at radius 2 is 1.27 bits per heavy atom. The van der Waals surface area contributed by atoms with Gasteiger partial charge in [-0.2, -0.15) is 0 Å². The largest absolute Gasteiger partial charge is 0.480 e. The molecule has 0 fully saturated rings. The Hall–Kier alpha value is -2.73. The van der Waals surface area contributed by atoms with Gasteiger partial charge in [-0.05, 0) is 44.1 Å². The lowest BCUT2D eigenvalue weighted by atomic mass is 9.98. The van der Waals surface area contributed by atoms with E-state index in [0.717, 1.165) is 0 Å². The summed E-state index contributed by atoms with van der Waals surface area (Å²) in [7, 11) is 0. The number of carboxylic acid groups (broad SMARTS) is 1. The van der Waals surface area contributed by atoms with E-state index in [9.17, 15) is 29.1 Å². The Morgan fingerprint density at radius 1 is 0.788 bits per heavy atom. The second-order valence-electron chi connectivity index (χ2n) is 8.76. The molecule has 0 saturated carbocycles. The van der Waals surface area contributed by atoms with Crippen molar-refractivity contribution in [1.29, 1.82) is 0 Å². The fourth-order valence-electron chi connectivity index (χ4n) is 3.01. The molecular weight excluding hydrogens is 432 g/mol. The number of hydrogen-bond acceptors (Lipinski definition) is 7. The Morgan fingerprint density at radius 3 is 1.70 bits per heavy atom. The quantitative estimate of drug-likeness (QED) is 0.131. The molecule has 10 N–H and O–H groups in total. The number of nitrogens with two attached hydrogens (primary N) is 3. The van der Waals surface area contributed by atoms with E-state index in [0.29, 0.717) is 19.4 Å². The summed E-state index contributed by atoms with van der Waals surface area (Å²) < 4.78 is 0. The summed E-state index contributed by atoms with van der Waals surface area (Å²) in [6.45, 7) is 7.25. The monoisotopic (exact) mass is 472 g/mol. The minimum atomic E-state index is -1.17. The average molecular weight is 473 g/mol. The van der Waals surface area contributed by atoms with E-state index in [1.807, 2.05) is 0 Å². The van der Waals surface area contributed by atoms with Crippen molar-refractivity contribution in [3.05, 3.63) is 0 Å². The van der Waals surface area contributed by atoms with E-state index in [4.69, 9.17) is 17.2 Å². The summed E-state index contributed by atoms with van der Waals surface area (Å²) in [4.78, 5) is 60.4. The average Bonchev–Trinajstić information content (AvgIpc) is 2.72. The highest BCUT2D eigenvalue weighted by Crippen LogP contribution is 2.09. The Kier molecular flexibility index (Phi) is 13.9. The lowest BCUT2D eigenvalue weighted by Gasteiger charge is -2.28. The summed E-state index contributed by atoms with van der Waals surface area (Å²) in [5.74, 6) is -4.32. The predicted molar refractivity (Wildman–Crippen MR) is 122 cm³/mol. The van der Waals surface area contributed by atoms with Gasteiger partial charge in [-0.1, -0.05) is 27.7 Å². The van der Waals surface area contributed by atoms with Crippen molar-refractivity contribution in [2.24, 2.45) is 29.0 Å². The van der Waals surface area contributed by atoms with Gasteiger partial charge in [-0.3, -0.25) is 19.2 Å². The van der Waals surface area contributed by atoms with Crippen LogP contribution >= 0.6 is 0 Å². The number of hydrogen-bond donors (Lipinski definition) is 7. The number of primary amides is 1. The molecule has 0 heterocycles. The summed E-state index contributed by atoms with van der Waals surface area (Å²) >= 11 is 0. The van der Waals surface area contributed by atoms with E-state index in [-0.39, 0.29) is 31.1 Å². The molecule has 4 atom stereocenters. The Bertz CT molecular complexity index is 684. The van der Waals surface area contributed by atoms with Crippen molar-refractivity contribution in [1.82, 2.24) is 16.0 Å². The highest BCUT2D eigenvalue weighted by atomic mass is 16.4. The molecule has 0 aliphatic rings. The number of carboxylic acids is 1. The van der Waals surface area contributed by atoms with E-state index in [2.05, 4.69) is 16.0 Å². The topological polar surface area (TPSA) is 220 Å². The molecule has 0 spiro atoms. The molecule has 0 aromatic heterocycles. The number of carbonyl (C=O) groups excluding carboxylic acids is 4. The molecule has 0 bridgehead atoms. The first kappa shape index (κ1) is 30.3. The third-order valence-corrected chi connectivity index (χ3v) is 5.09. The van der Waals surface area contributed by atoms with Crippen LogP contribution in [0.2, 0.25) is 0 Å². The number of nitrogens with one attached hydrogen (secondary N) is 3. The highest BCUT2D eigenvalue weighted by Gasteiger charge is 2.32. The van der Waals surface area contributed by atoms with Crippen molar-refractivity contribution < 1.29 is 29.1 Å². The maximum absolute atomic E-state index is 12.9. The van der Waals surface area contributed by atoms with Gasteiger partial charge >= 0.3 is 5.97 Å². The van der Waals surface area contributed by atoms with Gasteiger partial charge in [0, 0.05) is 6.42 Å². The Labute approximate surface area is 194 Å². The number of rotatable bonds is 16. The van der Waals surface area contributed by atoms with E-state index in [1.165, 1.54) is 0 Å². The standard InChI is InChI=1S/C21H40N6O6/c1-11(2)16(19(30)25-14(21(32)33)7-5-6-10-22)27-20(31)17(12(3)4)26-18(29)13(23)8-9-15(24)28/h11-14,16-17H,5-10,22-23H2,1-4H3,(H2,24,28)(H,25,30)(H,26,29)(H,27,31)(H,32,33). The number of aliphatic carboxylic acids is 1. The van der Waals surface area contributed by atoms with Crippen LogP contribution in [0.25, 0.3) is 0 Å². The maximum atomic E-state index is 12.9. The highest BCUT2D eigenvalue weighted by molar-refractivity contribution is 5.94. The Balaban J connectivity index is 5.26. The first-order valence-corrected chi connectivity index (χ1v) is 11.2. The van der Waals surface area contributed by atoms with Crippen LogP contribution in [0, 0.1) is 11.8 Å². The van der Waals surface area contributed by atoms with Gasteiger partial charge in [-0.15, -0.1) is 0 Å². The van der Waals surface area contributed by atoms with Gasteiger partial charge in [0.15, 0.2) is 0 Å². The second kappa shape index (κ2) is 15.2. The SMILES string of the molecule is CC(C)C(NC(=O)C(N)CCC(N)=O)C(=O)NC(C(=O)NC(CCCCN)C(=O)O)C(C)C. The minimum Gasteiger partial charge on any atom is -0.480 e. The zero-order valence-corrected chi connectivity index (χ0v) is 19.9. The van der Waals surface area contributed by atoms with Gasteiger partial charge in [0.25, 0.3) is 0 Å². The molecule has 0 radical (unpaired) electrons. The summed E-state index contributed by atoms with van der Waals surface area (Å²) in [6.07, 6.45) is 1.33. The lowest BCUT2D eigenvalue weighted by molar-refractivity contribution is -0.143. The van der Waals surface area contributed by atoms with Gasteiger partial charge in [0.05, 0.1) is 6.04 Å². The summed E-state index contributed by atoms with van der Waals surface area (Å²) in [5.41, 5.74) is 16.3. The number of carbonyl (C=O) groups is 5. The zero-order valence-electron chi connectivity index (χ0n) is 19.9. The number of unbranched alkanes of at least 4 members (excludes halogenated alkanes) is 1. The van der Waals surface area contributed by atoms with Crippen LogP contribution < -0.4 is 33.2 Å². The van der Waals surface area contributed by atoms with Crippen molar-refractivity contribution in [2.45, 2.75) is 84.0 Å². The van der Waals surface area contributed by atoms with Crippen LogP contribution in [0.5, 0.6) is 0 Å². The molecule has 4 unspecified atom stereocenters. The fraction of sp³-hybridized carbons (Fsp3) is 0.762. The van der Waals surface area contributed by atoms with E-state index in [1.54, 1.807) is 27.7 Å². The van der Waals surface area contributed by atoms with Crippen LogP contribution in [-0.2, 0) is 24.0 Å². The lowest BCUT2D eigenvalue weighted by Crippen LogP contribution is -2.59. The van der Waals surface area contributed by atoms with E-state index >= 15 is 0 Å². The third kappa shape index (κ3) is 11.6. The summed E-state index contributed by atoms with van der Waals surface area (Å²) in [6, 6.07) is -4.15.